The molecule has 1 aromatic carbocycles. The number of fused-ring (bicyclic) bond motifs is 1. The highest BCUT2D eigenvalue weighted by Crippen LogP contribution is 2.33. The van der Waals surface area contributed by atoms with Crippen LogP contribution in [0.1, 0.15) is 28.5 Å². The molecule has 0 saturated heterocycles. The van der Waals surface area contributed by atoms with Crippen molar-refractivity contribution in [2.75, 3.05) is 11.9 Å². The van der Waals surface area contributed by atoms with Crippen LogP contribution in [0.2, 0.25) is 0 Å². The van der Waals surface area contributed by atoms with E-state index in [2.05, 4.69) is 15.3 Å². The van der Waals surface area contributed by atoms with Gasteiger partial charge < -0.3 is 15.2 Å². The normalized spacial score (nSPS) is 16.9. The molecule has 1 aromatic heterocycles. The molecule has 0 radical (unpaired) electrons. The lowest BCUT2D eigenvalue weighted by Gasteiger charge is -2.26. The number of carboxylic acid groups (broad SMARTS) is 1. The average molecular weight is 271 g/mol. The minimum atomic E-state index is -1.09. The molecule has 1 aliphatic heterocycles. The number of hydrogen-bond acceptors (Lipinski definition) is 5. The van der Waals surface area contributed by atoms with Gasteiger partial charge in [-0.1, -0.05) is 18.2 Å². The van der Waals surface area contributed by atoms with Crippen molar-refractivity contribution in [2.45, 2.75) is 12.5 Å². The second-order valence-electron chi connectivity index (χ2n) is 4.47. The fourth-order valence-electron chi connectivity index (χ4n) is 2.21. The maximum Gasteiger partial charge on any atom is 0.356 e. The summed E-state index contributed by atoms with van der Waals surface area (Å²) in [4.78, 5) is 18.8. The molecule has 0 spiro atoms. The third kappa shape index (κ3) is 2.40. The van der Waals surface area contributed by atoms with Gasteiger partial charge in [-0.2, -0.15) is 0 Å². The van der Waals surface area contributed by atoms with Crippen LogP contribution in [-0.4, -0.2) is 27.7 Å². The molecule has 6 heteroatoms. The Kier molecular flexibility index (Phi) is 3.20. The maximum atomic E-state index is 10.9. The standard InChI is InChI=1S/C14H13N3O3/c18-14(19)11-7-15-8-13(17-11)16-10-5-6-20-12-4-2-1-3-9(10)12/h1-4,7-8,10H,5-6H2,(H,16,17)(H,18,19). The zero-order valence-corrected chi connectivity index (χ0v) is 10.6. The van der Waals surface area contributed by atoms with E-state index in [0.29, 0.717) is 12.4 Å². The summed E-state index contributed by atoms with van der Waals surface area (Å²) >= 11 is 0. The molecular weight excluding hydrogens is 258 g/mol. The van der Waals surface area contributed by atoms with Crippen molar-refractivity contribution in [3.8, 4) is 5.75 Å². The van der Waals surface area contributed by atoms with Gasteiger partial charge in [-0.05, 0) is 6.07 Å². The van der Waals surface area contributed by atoms with E-state index in [4.69, 9.17) is 9.84 Å². The lowest BCUT2D eigenvalue weighted by Crippen LogP contribution is -2.21. The van der Waals surface area contributed by atoms with Gasteiger partial charge >= 0.3 is 5.97 Å². The molecule has 3 rings (SSSR count). The third-order valence-corrected chi connectivity index (χ3v) is 3.13. The largest absolute Gasteiger partial charge is 0.493 e. The molecule has 1 aliphatic rings. The van der Waals surface area contributed by atoms with Crippen molar-refractivity contribution in [3.63, 3.8) is 0 Å². The van der Waals surface area contributed by atoms with Gasteiger partial charge in [0.25, 0.3) is 0 Å². The molecule has 0 fully saturated rings. The number of hydrogen-bond donors (Lipinski definition) is 2. The van der Waals surface area contributed by atoms with Gasteiger partial charge in [-0.25, -0.2) is 9.78 Å². The molecular formula is C14H13N3O3. The van der Waals surface area contributed by atoms with Crippen LogP contribution >= 0.6 is 0 Å². The topological polar surface area (TPSA) is 84.3 Å². The number of nitrogens with zero attached hydrogens (tertiary/aromatic N) is 2. The van der Waals surface area contributed by atoms with Gasteiger partial charge in [-0.3, -0.25) is 4.98 Å². The molecule has 0 saturated carbocycles. The van der Waals surface area contributed by atoms with Gasteiger partial charge in [0.1, 0.15) is 11.6 Å². The molecule has 1 unspecified atom stereocenters. The number of anilines is 1. The first-order chi connectivity index (χ1) is 9.74. The fourth-order valence-corrected chi connectivity index (χ4v) is 2.21. The molecule has 2 heterocycles. The number of aromatic nitrogens is 2. The predicted molar refractivity (Wildman–Crippen MR) is 71.9 cm³/mol. The Balaban J connectivity index is 1.85. The van der Waals surface area contributed by atoms with Crippen LogP contribution in [0.15, 0.2) is 36.7 Å². The quantitative estimate of drug-likeness (QED) is 0.889. The van der Waals surface area contributed by atoms with Crippen molar-refractivity contribution in [2.24, 2.45) is 0 Å². The first kappa shape index (κ1) is 12.4. The molecule has 102 valence electrons. The summed E-state index contributed by atoms with van der Waals surface area (Å²) in [7, 11) is 0. The zero-order chi connectivity index (χ0) is 13.9. The Morgan fingerprint density at radius 1 is 1.35 bits per heavy atom. The number of aromatic carboxylic acids is 1. The highest BCUT2D eigenvalue weighted by Gasteiger charge is 2.21. The predicted octanol–water partition coefficient (Wildman–Crippen LogP) is 2.11. The Labute approximate surface area is 115 Å². The van der Waals surface area contributed by atoms with Gasteiger partial charge in [0, 0.05) is 12.0 Å². The first-order valence-electron chi connectivity index (χ1n) is 6.27. The van der Waals surface area contributed by atoms with Crippen LogP contribution in [0, 0.1) is 0 Å². The minimum absolute atomic E-state index is 0.0401. The van der Waals surface area contributed by atoms with Crippen LogP contribution in [0.25, 0.3) is 0 Å². The van der Waals surface area contributed by atoms with Gasteiger partial charge in [0.2, 0.25) is 0 Å². The molecule has 20 heavy (non-hydrogen) atoms. The van der Waals surface area contributed by atoms with Crippen molar-refractivity contribution in [1.29, 1.82) is 0 Å². The summed E-state index contributed by atoms with van der Waals surface area (Å²) in [5.74, 6) is 0.207. The Bertz CT molecular complexity index is 645. The maximum absolute atomic E-state index is 10.9. The SMILES string of the molecule is O=C(O)c1cncc(NC2CCOc3ccccc32)n1. The van der Waals surface area contributed by atoms with Crippen molar-refractivity contribution in [1.82, 2.24) is 9.97 Å². The zero-order valence-electron chi connectivity index (χ0n) is 10.6. The Hall–Kier alpha value is -2.63. The smallest absolute Gasteiger partial charge is 0.356 e. The number of para-hydroxylation sites is 1. The highest BCUT2D eigenvalue weighted by atomic mass is 16.5. The van der Waals surface area contributed by atoms with Crippen molar-refractivity contribution in [3.05, 3.63) is 47.9 Å². The number of benzene rings is 1. The van der Waals surface area contributed by atoms with Crippen LogP contribution < -0.4 is 10.1 Å². The van der Waals surface area contributed by atoms with E-state index in [1.165, 1.54) is 12.4 Å². The monoisotopic (exact) mass is 271 g/mol. The minimum Gasteiger partial charge on any atom is -0.493 e. The van der Waals surface area contributed by atoms with E-state index in [0.717, 1.165) is 17.7 Å². The Morgan fingerprint density at radius 3 is 3.05 bits per heavy atom. The molecule has 2 N–H and O–H groups in total. The number of nitrogens with one attached hydrogen (secondary N) is 1. The molecule has 0 bridgehead atoms. The van der Waals surface area contributed by atoms with Crippen LogP contribution in [0.5, 0.6) is 5.75 Å². The first-order valence-corrected chi connectivity index (χ1v) is 6.27. The fraction of sp³-hybridized carbons (Fsp3) is 0.214. The van der Waals surface area contributed by atoms with E-state index < -0.39 is 5.97 Å². The molecule has 2 aromatic rings. The summed E-state index contributed by atoms with van der Waals surface area (Å²) in [5.41, 5.74) is 0.969. The van der Waals surface area contributed by atoms with Gasteiger partial charge in [-0.15, -0.1) is 0 Å². The second-order valence-corrected chi connectivity index (χ2v) is 4.47. The average Bonchev–Trinajstić information content (AvgIpc) is 2.48. The molecule has 0 aliphatic carbocycles. The lowest BCUT2D eigenvalue weighted by molar-refractivity contribution is 0.0690. The van der Waals surface area contributed by atoms with Gasteiger partial charge in [0.05, 0.1) is 25.0 Å². The van der Waals surface area contributed by atoms with E-state index in [-0.39, 0.29) is 11.7 Å². The summed E-state index contributed by atoms with van der Waals surface area (Å²) in [6.07, 6.45) is 3.53. The van der Waals surface area contributed by atoms with Crippen LogP contribution in [-0.2, 0) is 0 Å². The third-order valence-electron chi connectivity index (χ3n) is 3.13. The molecule has 0 amide bonds. The highest BCUT2D eigenvalue weighted by molar-refractivity contribution is 5.85. The van der Waals surface area contributed by atoms with E-state index in [1.54, 1.807) is 0 Å². The number of carbonyl (C=O) groups is 1. The van der Waals surface area contributed by atoms with Crippen LogP contribution in [0.3, 0.4) is 0 Å². The van der Waals surface area contributed by atoms with Crippen molar-refractivity contribution >= 4 is 11.8 Å². The van der Waals surface area contributed by atoms with E-state index >= 15 is 0 Å². The van der Waals surface area contributed by atoms with Gasteiger partial charge in [0.15, 0.2) is 5.69 Å². The summed E-state index contributed by atoms with van der Waals surface area (Å²) in [5, 5.41) is 12.1. The summed E-state index contributed by atoms with van der Waals surface area (Å²) in [6.45, 7) is 0.612. The second kappa shape index (κ2) is 5.16. The van der Waals surface area contributed by atoms with Crippen LogP contribution in [0.4, 0.5) is 5.82 Å². The van der Waals surface area contributed by atoms with E-state index in [1.807, 2.05) is 24.3 Å². The molecule has 1 atom stereocenters. The lowest BCUT2D eigenvalue weighted by atomic mass is 10.0. The Morgan fingerprint density at radius 2 is 2.20 bits per heavy atom. The summed E-state index contributed by atoms with van der Waals surface area (Å²) < 4.78 is 5.58. The number of carboxylic acids is 1. The number of ether oxygens (including phenoxy) is 1. The van der Waals surface area contributed by atoms with E-state index in [9.17, 15) is 4.79 Å². The molecule has 6 nitrogen and oxygen atoms in total. The number of rotatable bonds is 3. The van der Waals surface area contributed by atoms with Crippen molar-refractivity contribution < 1.29 is 14.6 Å². The summed E-state index contributed by atoms with van der Waals surface area (Å²) in [6, 6.07) is 7.81.